The number of nitrogens with zero attached hydrogens (tertiary/aromatic N) is 3. The van der Waals surface area contributed by atoms with Gasteiger partial charge in [0.2, 0.25) is 5.91 Å². The average molecular weight is 378 g/mol. The van der Waals surface area contributed by atoms with Crippen LogP contribution >= 0.6 is 0 Å². The number of hydrogen-bond donors (Lipinski definition) is 0. The fourth-order valence-electron chi connectivity index (χ4n) is 6.10. The van der Waals surface area contributed by atoms with Gasteiger partial charge in [-0.15, -0.1) is 0 Å². The van der Waals surface area contributed by atoms with Crippen molar-refractivity contribution >= 4 is 12.0 Å². The van der Waals surface area contributed by atoms with E-state index in [9.17, 15) is 9.59 Å². The summed E-state index contributed by atoms with van der Waals surface area (Å²) in [5, 5.41) is 0. The summed E-state index contributed by atoms with van der Waals surface area (Å²) < 4.78 is 5.28. The minimum Gasteiger partial charge on any atom is -0.450 e. The molecule has 0 aromatic rings. The molecule has 4 aliphatic rings. The molecule has 2 atom stereocenters. The summed E-state index contributed by atoms with van der Waals surface area (Å²) in [4.78, 5) is 31.4. The third-order valence-corrected chi connectivity index (χ3v) is 7.46. The summed E-state index contributed by atoms with van der Waals surface area (Å²) in [7, 11) is 0. The number of rotatable bonds is 4. The number of carbonyl (C=O) groups excluding carboxylic acids is 2. The van der Waals surface area contributed by atoms with E-state index in [1.54, 1.807) is 0 Å². The average Bonchev–Trinajstić information content (AvgIpc) is 3.09. The highest BCUT2D eigenvalue weighted by Crippen LogP contribution is 2.44. The lowest BCUT2D eigenvalue weighted by Crippen LogP contribution is -2.55. The van der Waals surface area contributed by atoms with Crippen LogP contribution in [0.15, 0.2) is 0 Å². The molecule has 4 saturated heterocycles. The molecule has 6 heteroatoms. The topological polar surface area (TPSA) is 53.1 Å². The van der Waals surface area contributed by atoms with E-state index in [4.69, 9.17) is 4.74 Å². The Morgan fingerprint density at radius 2 is 1.78 bits per heavy atom. The monoisotopic (exact) mass is 377 g/mol. The Bertz CT molecular complexity index is 559. The molecular weight excluding hydrogens is 342 g/mol. The molecule has 6 nitrogen and oxygen atoms in total. The number of carbonyl (C=O) groups is 2. The number of piperidine rings is 2. The minimum absolute atomic E-state index is 0.110. The van der Waals surface area contributed by atoms with Crippen LogP contribution < -0.4 is 0 Å². The zero-order valence-electron chi connectivity index (χ0n) is 17.0. The van der Waals surface area contributed by atoms with Gasteiger partial charge in [-0.1, -0.05) is 6.92 Å². The molecule has 1 spiro atoms. The third-order valence-electron chi connectivity index (χ3n) is 7.46. The molecule has 0 aromatic heterocycles. The first-order valence-corrected chi connectivity index (χ1v) is 11.0. The van der Waals surface area contributed by atoms with Gasteiger partial charge < -0.3 is 19.4 Å². The molecule has 2 unspecified atom stereocenters. The van der Waals surface area contributed by atoms with Crippen molar-refractivity contribution in [2.45, 2.75) is 83.3 Å². The lowest BCUT2D eigenvalue weighted by Gasteiger charge is -2.47. The molecule has 152 valence electrons. The van der Waals surface area contributed by atoms with Gasteiger partial charge in [-0.2, -0.15) is 0 Å². The van der Waals surface area contributed by atoms with Crippen molar-refractivity contribution < 1.29 is 14.3 Å². The summed E-state index contributed by atoms with van der Waals surface area (Å²) in [5.74, 6) is 0.367. The maximum absolute atomic E-state index is 12.3. The quantitative estimate of drug-likeness (QED) is 0.756. The number of hydrogen-bond acceptors (Lipinski definition) is 4. The normalized spacial score (nSPS) is 33.1. The number of amides is 2. The molecule has 4 aliphatic heterocycles. The Morgan fingerprint density at radius 3 is 2.37 bits per heavy atom. The molecule has 0 saturated carbocycles. The van der Waals surface area contributed by atoms with Gasteiger partial charge in [0.1, 0.15) is 0 Å². The molecule has 0 N–H and O–H groups in total. The Balaban J connectivity index is 1.33. The van der Waals surface area contributed by atoms with E-state index >= 15 is 0 Å². The van der Waals surface area contributed by atoms with E-state index in [1.807, 2.05) is 11.8 Å². The smallest absolute Gasteiger partial charge is 0.410 e. The van der Waals surface area contributed by atoms with E-state index < -0.39 is 0 Å². The van der Waals surface area contributed by atoms with Crippen LogP contribution in [0.2, 0.25) is 0 Å². The summed E-state index contributed by atoms with van der Waals surface area (Å²) >= 11 is 0. The zero-order chi connectivity index (χ0) is 19.0. The van der Waals surface area contributed by atoms with Crippen LogP contribution in [0.4, 0.5) is 4.79 Å². The first kappa shape index (κ1) is 19.0. The van der Waals surface area contributed by atoms with E-state index in [0.29, 0.717) is 30.6 Å². The van der Waals surface area contributed by atoms with Gasteiger partial charge in [-0.05, 0) is 70.4 Å². The SMILES string of the molecule is CCCN1CC2(CCN(C3CC4CCC(C3)N4C(=O)OCC)CC2)CC1=O. The van der Waals surface area contributed by atoms with Crippen LogP contribution in [-0.4, -0.2) is 77.6 Å². The molecule has 2 bridgehead atoms. The van der Waals surface area contributed by atoms with E-state index in [-0.39, 0.29) is 11.5 Å². The summed E-state index contributed by atoms with van der Waals surface area (Å²) in [6.07, 6.45) is 8.41. The fourth-order valence-corrected chi connectivity index (χ4v) is 6.10. The molecule has 4 rings (SSSR count). The predicted octanol–water partition coefficient (Wildman–Crippen LogP) is 2.86. The van der Waals surface area contributed by atoms with Gasteiger partial charge in [0.05, 0.1) is 6.61 Å². The highest BCUT2D eigenvalue weighted by molar-refractivity contribution is 5.79. The minimum atomic E-state index is -0.110. The van der Waals surface area contributed by atoms with Crippen molar-refractivity contribution in [1.29, 1.82) is 0 Å². The molecular formula is C21H35N3O3. The van der Waals surface area contributed by atoms with Crippen molar-refractivity contribution in [3.05, 3.63) is 0 Å². The number of fused-ring (bicyclic) bond motifs is 2. The van der Waals surface area contributed by atoms with Crippen molar-refractivity contribution in [2.75, 3.05) is 32.8 Å². The van der Waals surface area contributed by atoms with Crippen molar-refractivity contribution in [1.82, 2.24) is 14.7 Å². The molecule has 0 aliphatic carbocycles. The van der Waals surface area contributed by atoms with Gasteiger partial charge >= 0.3 is 6.09 Å². The molecule has 0 radical (unpaired) electrons. The second-order valence-electron chi connectivity index (χ2n) is 9.14. The highest BCUT2D eigenvalue weighted by atomic mass is 16.6. The van der Waals surface area contributed by atoms with E-state index in [1.165, 1.54) is 0 Å². The largest absolute Gasteiger partial charge is 0.450 e. The van der Waals surface area contributed by atoms with Crippen LogP contribution in [-0.2, 0) is 9.53 Å². The first-order valence-electron chi connectivity index (χ1n) is 11.0. The number of likely N-dealkylation sites (tertiary alicyclic amines) is 2. The maximum Gasteiger partial charge on any atom is 0.410 e. The summed E-state index contributed by atoms with van der Waals surface area (Å²) in [6, 6.07) is 1.31. The van der Waals surface area contributed by atoms with Crippen molar-refractivity contribution in [2.24, 2.45) is 5.41 Å². The lowest BCUT2D eigenvalue weighted by atomic mass is 9.77. The van der Waals surface area contributed by atoms with Gasteiger partial charge in [0.25, 0.3) is 0 Å². The van der Waals surface area contributed by atoms with Gasteiger partial charge in [-0.3, -0.25) is 4.79 Å². The molecule has 27 heavy (non-hydrogen) atoms. The third kappa shape index (κ3) is 3.57. The van der Waals surface area contributed by atoms with E-state index in [2.05, 4.69) is 16.7 Å². The van der Waals surface area contributed by atoms with Gasteiger partial charge in [-0.25, -0.2) is 4.79 Å². The van der Waals surface area contributed by atoms with Gasteiger partial charge in [0.15, 0.2) is 0 Å². The maximum atomic E-state index is 12.3. The van der Waals surface area contributed by atoms with Crippen LogP contribution in [0.5, 0.6) is 0 Å². The van der Waals surface area contributed by atoms with Gasteiger partial charge in [0, 0.05) is 37.6 Å². The summed E-state index contributed by atoms with van der Waals surface area (Å²) in [5.41, 5.74) is 0.230. The molecule has 2 amide bonds. The molecule has 0 aromatic carbocycles. The Kier molecular flexibility index (Phi) is 5.36. The zero-order valence-corrected chi connectivity index (χ0v) is 17.0. The van der Waals surface area contributed by atoms with E-state index in [0.717, 1.165) is 77.5 Å². The lowest BCUT2D eigenvalue weighted by molar-refractivity contribution is -0.127. The van der Waals surface area contributed by atoms with Crippen LogP contribution in [0.3, 0.4) is 0 Å². The second-order valence-corrected chi connectivity index (χ2v) is 9.14. The molecule has 4 heterocycles. The van der Waals surface area contributed by atoms with Crippen LogP contribution in [0.1, 0.15) is 65.2 Å². The van der Waals surface area contributed by atoms with Crippen molar-refractivity contribution in [3.63, 3.8) is 0 Å². The second kappa shape index (κ2) is 7.61. The standard InChI is InChI=1S/C21H35N3O3/c1-3-9-23-15-21(14-19(23)25)7-10-22(11-8-21)18-12-16-5-6-17(13-18)24(16)20(26)27-4-2/h16-18H,3-15H2,1-2H3. The Morgan fingerprint density at radius 1 is 1.11 bits per heavy atom. The fraction of sp³-hybridized carbons (Fsp3) is 0.905. The predicted molar refractivity (Wildman–Crippen MR) is 103 cm³/mol. The Hall–Kier alpha value is -1.30. The Labute approximate surface area is 163 Å². The summed E-state index contributed by atoms with van der Waals surface area (Å²) in [6.45, 7) is 8.59. The molecule has 4 fully saturated rings. The number of ether oxygens (including phenoxy) is 1. The van der Waals surface area contributed by atoms with Crippen LogP contribution in [0, 0.1) is 5.41 Å². The van der Waals surface area contributed by atoms with Crippen LogP contribution in [0.25, 0.3) is 0 Å². The highest BCUT2D eigenvalue weighted by Gasteiger charge is 2.48. The first-order chi connectivity index (χ1) is 13.0. The van der Waals surface area contributed by atoms with Crippen molar-refractivity contribution in [3.8, 4) is 0 Å².